The number of hydrogen-bond donors (Lipinski definition) is 1. The van der Waals surface area contributed by atoms with E-state index in [0.717, 1.165) is 14.3 Å². The number of nitrogens with two attached hydrogens (primary N) is 1. The van der Waals surface area contributed by atoms with Crippen LogP contribution in [0.15, 0.2) is 50.8 Å². The van der Waals surface area contributed by atoms with Crippen molar-refractivity contribution in [3.05, 3.63) is 46.0 Å². The van der Waals surface area contributed by atoms with Gasteiger partial charge in [-0.05, 0) is 34.1 Å². The van der Waals surface area contributed by atoms with Crippen LogP contribution in [0, 0.1) is 0 Å². The summed E-state index contributed by atoms with van der Waals surface area (Å²) in [5.41, 5.74) is 5.79. The van der Waals surface area contributed by atoms with Gasteiger partial charge in [-0.25, -0.2) is 4.98 Å². The Morgan fingerprint density at radius 2 is 2.00 bits per heavy atom. The molecular weight excluding hydrogens is 308 g/mol. The minimum absolute atomic E-state index is 0.508. The van der Waals surface area contributed by atoms with Gasteiger partial charge < -0.3 is 5.73 Å². The minimum Gasteiger partial charge on any atom is -0.383 e. The second-order valence-electron chi connectivity index (χ2n) is 3.07. The predicted molar refractivity (Wildman–Crippen MR) is 71.9 cm³/mol. The third-order valence-corrected chi connectivity index (χ3v) is 3.90. The molecular formula is C11H8BrClN2S. The van der Waals surface area contributed by atoms with E-state index in [0.29, 0.717) is 10.8 Å². The first-order valence-corrected chi connectivity index (χ1v) is 6.49. The molecule has 0 spiro atoms. The van der Waals surface area contributed by atoms with Gasteiger partial charge in [0.05, 0.1) is 9.92 Å². The van der Waals surface area contributed by atoms with Gasteiger partial charge in [0.15, 0.2) is 0 Å². The van der Waals surface area contributed by atoms with E-state index < -0.39 is 0 Å². The molecule has 0 aliphatic rings. The largest absolute Gasteiger partial charge is 0.383 e. The highest BCUT2D eigenvalue weighted by Crippen LogP contribution is 2.36. The predicted octanol–water partition coefficient (Wildman–Crippen LogP) is 4.23. The zero-order chi connectivity index (χ0) is 11.5. The first kappa shape index (κ1) is 11.8. The van der Waals surface area contributed by atoms with Gasteiger partial charge in [-0.1, -0.05) is 35.5 Å². The SMILES string of the molecule is Nc1ncc(Br)cc1Sc1ccccc1Cl. The highest BCUT2D eigenvalue weighted by molar-refractivity contribution is 9.10. The van der Waals surface area contributed by atoms with E-state index in [1.54, 1.807) is 6.20 Å². The summed E-state index contributed by atoms with van der Waals surface area (Å²) in [4.78, 5) is 5.93. The molecule has 2 rings (SSSR count). The Hall–Kier alpha value is -0.710. The molecule has 0 aliphatic heterocycles. The Labute approximate surface area is 111 Å². The Bertz CT molecular complexity index is 519. The molecule has 0 bridgehead atoms. The van der Waals surface area contributed by atoms with Gasteiger partial charge in [0, 0.05) is 15.6 Å². The van der Waals surface area contributed by atoms with Gasteiger partial charge >= 0.3 is 0 Å². The third kappa shape index (κ3) is 2.70. The van der Waals surface area contributed by atoms with Crippen molar-refractivity contribution in [1.29, 1.82) is 0 Å². The van der Waals surface area contributed by atoms with Crippen LogP contribution >= 0.6 is 39.3 Å². The number of aromatic nitrogens is 1. The fourth-order valence-corrected chi connectivity index (χ4v) is 2.79. The second kappa shape index (κ2) is 5.08. The standard InChI is InChI=1S/C11H8BrClN2S/c12-7-5-10(11(14)15-6-7)16-9-4-2-1-3-8(9)13/h1-6H,(H2,14,15). The monoisotopic (exact) mass is 314 g/mol. The molecule has 1 aromatic carbocycles. The van der Waals surface area contributed by atoms with E-state index in [4.69, 9.17) is 17.3 Å². The Balaban J connectivity index is 2.34. The zero-order valence-corrected chi connectivity index (χ0v) is 11.3. The normalized spacial score (nSPS) is 10.4. The fraction of sp³-hybridized carbons (Fsp3) is 0. The summed E-state index contributed by atoms with van der Waals surface area (Å²) in [5, 5.41) is 0.715. The summed E-state index contributed by atoms with van der Waals surface area (Å²) < 4.78 is 0.899. The maximum atomic E-state index is 6.07. The van der Waals surface area contributed by atoms with Crippen molar-refractivity contribution in [3.8, 4) is 0 Å². The second-order valence-corrected chi connectivity index (χ2v) is 5.48. The summed E-state index contributed by atoms with van der Waals surface area (Å²) in [6, 6.07) is 9.57. The van der Waals surface area contributed by atoms with E-state index in [1.807, 2.05) is 30.3 Å². The van der Waals surface area contributed by atoms with E-state index in [1.165, 1.54) is 11.8 Å². The van der Waals surface area contributed by atoms with Crippen LogP contribution in [0.5, 0.6) is 0 Å². The molecule has 82 valence electrons. The molecule has 0 saturated heterocycles. The van der Waals surface area contributed by atoms with Gasteiger partial charge in [0.25, 0.3) is 0 Å². The van der Waals surface area contributed by atoms with E-state index in [2.05, 4.69) is 20.9 Å². The minimum atomic E-state index is 0.508. The number of anilines is 1. The van der Waals surface area contributed by atoms with Crippen LogP contribution in [0.1, 0.15) is 0 Å². The maximum Gasteiger partial charge on any atom is 0.137 e. The number of benzene rings is 1. The van der Waals surface area contributed by atoms with Crippen LogP contribution in [-0.4, -0.2) is 4.98 Å². The maximum absolute atomic E-state index is 6.07. The van der Waals surface area contributed by atoms with Gasteiger partial charge in [-0.2, -0.15) is 0 Å². The van der Waals surface area contributed by atoms with Crippen molar-refractivity contribution in [3.63, 3.8) is 0 Å². The molecule has 0 unspecified atom stereocenters. The summed E-state index contributed by atoms with van der Waals surface area (Å²) in [5.74, 6) is 0.508. The summed E-state index contributed by atoms with van der Waals surface area (Å²) in [7, 11) is 0. The average molecular weight is 316 g/mol. The topological polar surface area (TPSA) is 38.9 Å². The molecule has 16 heavy (non-hydrogen) atoms. The Morgan fingerprint density at radius 3 is 2.75 bits per heavy atom. The van der Waals surface area contributed by atoms with Crippen LogP contribution in [0.2, 0.25) is 5.02 Å². The quantitative estimate of drug-likeness (QED) is 0.901. The van der Waals surface area contributed by atoms with Gasteiger partial charge in [0.2, 0.25) is 0 Å². The van der Waals surface area contributed by atoms with Crippen molar-refractivity contribution < 1.29 is 0 Å². The molecule has 0 atom stereocenters. The van der Waals surface area contributed by atoms with Crippen LogP contribution in [0.25, 0.3) is 0 Å². The van der Waals surface area contributed by atoms with Crippen molar-refractivity contribution >= 4 is 45.1 Å². The van der Waals surface area contributed by atoms with Crippen LogP contribution < -0.4 is 5.73 Å². The molecule has 0 saturated carbocycles. The van der Waals surface area contributed by atoms with Crippen molar-refractivity contribution in [1.82, 2.24) is 4.98 Å². The highest BCUT2D eigenvalue weighted by Gasteiger charge is 2.06. The molecule has 0 radical (unpaired) electrons. The smallest absolute Gasteiger partial charge is 0.137 e. The number of rotatable bonds is 2. The molecule has 0 fully saturated rings. The first-order valence-electron chi connectivity index (χ1n) is 4.50. The van der Waals surface area contributed by atoms with Crippen LogP contribution in [0.4, 0.5) is 5.82 Å². The average Bonchev–Trinajstić information content (AvgIpc) is 2.27. The van der Waals surface area contributed by atoms with Crippen molar-refractivity contribution in [2.45, 2.75) is 9.79 Å². The summed E-state index contributed by atoms with van der Waals surface area (Å²) in [6.45, 7) is 0. The lowest BCUT2D eigenvalue weighted by molar-refractivity contribution is 1.23. The van der Waals surface area contributed by atoms with E-state index >= 15 is 0 Å². The Kier molecular flexibility index (Phi) is 3.74. The van der Waals surface area contributed by atoms with Crippen LogP contribution in [0.3, 0.4) is 0 Å². The molecule has 2 nitrogen and oxygen atoms in total. The molecule has 1 aromatic heterocycles. The Morgan fingerprint density at radius 1 is 1.25 bits per heavy atom. The number of halogens is 2. The lowest BCUT2D eigenvalue weighted by Crippen LogP contribution is -1.92. The molecule has 0 amide bonds. The summed E-state index contributed by atoms with van der Waals surface area (Å²) >= 11 is 10.9. The molecule has 2 aromatic rings. The zero-order valence-electron chi connectivity index (χ0n) is 8.15. The summed E-state index contributed by atoms with van der Waals surface area (Å²) in [6.07, 6.45) is 1.67. The third-order valence-electron chi connectivity index (χ3n) is 1.90. The van der Waals surface area contributed by atoms with Crippen molar-refractivity contribution in [2.24, 2.45) is 0 Å². The fourth-order valence-electron chi connectivity index (χ4n) is 1.16. The number of nitrogen functional groups attached to an aromatic ring is 1. The number of nitrogens with zero attached hydrogens (tertiary/aromatic N) is 1. The van der Waals surface area contributed by atoms with Gasteiger partial charge in [-0.3, -0.25) is 0 Å². The van der Waals surface area contributed by atoms with Gasteiger partial charge in [-0.15, -0.1) is 0 Å². The molecule has 1 heterocycles. The van der Waals surface area contributed by atoms with E-state index in [9.17, 15) is 0 Å². The van der Waals surface area contributed by atoms with Crippen LogP contribution in [-0.2, 0) is 0 Å². The highest BCUT2D eigenvalue weighted by atomic mass is 79.9. The lowest BCUT2D eigenvalue weighted by Gasteiger charge is -2.06. The molecule has 0 aliphatic carbocycles. The molecule has 2 N–H and O–H groups in total. The van der Waals surface area contributed by atoms with Crippen molar-refractivity contribution in [2.75, 3.05) is 5.73 Å². The molecule has 5 heteroatoms. The lowest BCUT2D eigenvalue weighted by atomic mass is 10.4. The number of pyridine rings is 1. The first-order chi connectivity index (χ1) is 7.66. The van der Waals surface area contributed by atoms with E-state index in [-0.39, 0.29) is 0 Å². The number of hydrogen-bond acceptors (Lipinski definition) is 3. The van der Waals surface area contributed by atoms with Gasteiger partial charge in [0.1, 0.15) is 5.82 Å².